The molecule has 1 saturated carbocycles. The van der Waals surface area contributed by atoms with Crippen LogP contribution in [0.5, 0.6) is 5.75 Å². The van der Waals surface area contributed by atoms with E-state index in [1.807, 2.05) is 36.4 Å². The summed E-state index contributed by atoms with van der Waals surface area (Å²) < 4.78 is 7.13. The van der Waals surface area contributed by atoms with Gasteiger partial charge in [0.15, 0.2) is 0 Å². The number of para-hydroxylation sites is 1. The molecule has 0 aliphatic heterocycles. The molecule has 1 fully saturated rings. The van der Waals surface area contributed by atoms with Gasteiger partial charge in [0.25, 0.3) is 0 Å². The predicted molar refractivity (Wildman–Crippen MR) is 82.3 cm³/mol. The second-order valence-corrected chi connectivity index (χ2v) is 5.76. The monoisotopic (exact) mass is 317 g/mol. The molecule has 2 aromatic carbocycles. The first-order valence-electron chi connectivity index (χ1n) is 6.55. The maximum atomic E-state index is 6.12. The summed E-state index contributed by atoms with van der Waals surface area (Å²) in [7, 11) is 0. The fraction of sp³-hybridized carbons (Fsp3) is 0.250. The number of hydrogen-bond donors (Lipinski definition) is 1. The molecule has 2 N–H and O–H groups in total. The third-order valence-corrected chi connectivity index (χ3v) is 4.15. The van der Waals surface area contributed by atoms with E-state index >= 15 is 0 Å². The number of anilines is 1. The molecule has 0 unspecified atom stereocenters. The molecule has 0 bridgehead atoms. The van der Waals surface area contributed by atoms with E-state index in [2.05, 4.69) is 22.0 Å². The Morgan fingerprint density at radius 2 is 1.79 bits per heavy atom. The van der Waals surface area contributed by atoms with Crippen molar-refractivity contribution in [1.29, 1.82) is 0 Å². The van der Waals surface area contributed by atoms with Gasteiger partial charge in [-0.3, -0.25) is 0 Å². The molecule has 2 aromatic rings. The zero-order valence-electron chi connectivity index (χ0n) is 10.6. The minimum Gasteiger partial charge on any atom is -0.489 e. The molecule has 2 nitrogen and oxygen atoms in total. The molecule has 1 aliphatic rings. The lowest BCUT2D eigenvalue weighted by Crippen LogP contribution is -2.25. The molecule has 98 valence electrons. The summed E-state index contributed by atoms with van der Waals surface area (Å²) in [4.78, 5) is 0. The smallest absolute Gasteiger partial charge is 0.141 e. The minimum atomic E-state index is 0.367. The van der Waals surface area contributed by atoms with Gasteiger partial charge in [0.2, 0.25) is 0 Å². The van der Waals surface area contributed by atoms with E-state index in [0.29, 0.717) is 6.10 Å². The van der Waals surface area contributed by atoms with Crippen LogP contribution in [0.2, 0.25) is 0 Å². The first-order chi connectivity index (χ1) is 9.24. The van der Waals surface area contributed by atoms with Crippen LogP contribution in [0.1, 0.15) is 19.3 Å². The lowest BCUT2D eigenvalue weighted by atomic mass is 9.96. The normalized spacial score (nSPS) is 15.0. The quantitative estimate of drug-likeness (QED) is 0.838. The van der Waals surface area contributed by atoms with Crippen molar-refractivity contribution in [2.75, 3.05) is 5.73 Å². The van der Waals surface area contributed by atoms with Crippen LogP contribution in [0.25, 0.3) is 11.1 Å². The maximum absolute atomic E-state index is 6.12. The van der Waals surface area contributed by atoms with E-state index in [4.69, 9.17) is 10.5 Å². The molecule has 0 amide bonds. The van der Waals surface area contributed by atoms with Gasteiger partial charge < -0.3 is 10.5 Å². The molecule has 3 heteroatoms. The van der Waals surface area contributed by atoms with Crippen LogP contribution in [0, 0.1) is 0 Å². The fourth-order valence-electron chi connectivity index (χ4n) is 2.17. The first kappa shape index (κ1) is 12.5. The van der Waals surface area contributed by atoms with Crippen LogP contribution < -0.4 is 10.5 Å². The number of hydrogen-bond acceptors (Lipinski definition) is 2. The van der Waals surface area contributed by atoms with Gasteiger partial charge >= 0.3 is 0 Å². The largest absolute Gasteiger partial charge is 0.489 e. The number of nitrogen functional groups attached to an aromatic ring is 1. The van der Waals surface area contributed by atoms with Crippen molar-refractivity contribution in [2.24, 2.45) is 0 Å². The Balaban J connectivity index is 1.99. The van der Waals surface area contributed by atoms with E-state index in [-0.39, 0.29) is 0 Å². The third-order valence-electron chi connectivity index (χ3n) is 3.53. The lowest BCUT2D eigenvalue weighted by Gasteiger charge is -2.28. The Kier molecular flexibility index (Phi) is 3.47. The summed E-state index contributed by atoms with van der Waals surface area (Å²) >= 11 is 3.59. The molecular formula is C16H16BrNO. The predicted octanol–water partition coefficient (Wildman–Crippen LogP) is 4.63. The molecule has 0 spiro atoms. The van der Waals surface area contributed by atoms with Gasteiger partial charge in [-0.05, 0) is 59.0 Å². The van der Waals surface area contributed by atoms with E-state index in [0.717, 1.165) is 39.9 Å². The Hall–Kier alpha value is -1.48. The van der Waals surface area contributed by atoms with Crippen LogP contribution in [-0.4, -0.2) is 6.10 Å². The van der Waals surface area contributed by atoms with Crippen molar-refractivity contribution >= 4 is 21.6 Å². The highest BCUT2D eigenvalue weighted by molar-refractivity contribution is 9.10. The highest BCUT2D eigenvalue weighted by Gasteiger charge is 2.21. The van der Waals surface area contributed by atoms with Crippen LogP contribution in [0.3, 0.4) is 0 Å². The Labute approximate surface area is 121 Å². The van der Waals surface area contributed by atoms with E-state index in [9.17, 15) is 0 Å². The molecule has 0 heterocycles. The molecule has 0 atom stereocenters. The molecule has 1 aliphatic carbocycles. The molecule has 0 saturated heterocycles. The summed E-state index contributed by atoms with van der Waals surface area (Å²) in [5.74, 6) is 0.942. The summed E-state index contributed by atoms with van der Waals surface area (Å²) in [6.07, 6.45) is 3.95. The molecular weight excluding hydrogens is 302 g/mol. The zero-order valence-corrected chi connectivity index (χ0v) is 12.2. The second-order valence-electron chi connectivity index (χ2n) is 4.91. The van der Waals surface area contributed by atoms with Gasteiger partial charge in [-0.15, -0.1) is 0 Å². The number of nitrogens with two attached hydrogens (primary N) is 1. The highest BCUT2D eigenvalue weighted by Crippen LogP contribution is 2.39. The molecule has 0 aromatic heterocycles. The van der Waals surface area contributed by atoms with Gasteiger partial charge in [0.1, 0.15) is 5.75 Å². The molecule has 3 rings (SSSR count). The van der Waals surface area contributed by atoms with Crippen molar-refractivity contribution in [3.8, 4) is 16.9 Å². The summed E-state index contributed by atoms with van der Waals surface area (Å²) in [5, 5.41) is 0. The van der Waals surface area contributed by atoms with E-state index in [1.54, 1.807) is 0 Å². The summed E-state index contributed by atoms with van der Waals surface area (Å²) in [5.41, 5.74) is 8.76. The van der Waals surface area contributed by atoms with Gasteiger partial charge in [-0.25, -0.2) is 0 Å². The number of benzene rings is 2. The third kappa shape index (κ3) is 2.61. The van der Waals surface area contributed by atoms with Crippen molar-refractivity contribution in [1.82, 2.24) is 0 Å². The van der Waals surface area contributed by atoms with Crippen LogP contribution in [0.4, 0.5) is 5.69 Å². The molecule has 0 radical (unpaired) electrons. The fourth-order valence-corrected chi connectivity index (χ4v) is 2.63. The van der Waals surface area contributed by atoms with E-state index in [1.165, 1.54) is 6.42 Å². The van der Waals surface area contributed by atoms with Crippen molar-refractivity contribution < 1.29 is 4.74 Å². The molecule has 19 heavy (non-hydrogen) atoms. The van der Waals surface area contributed by atoms with E-state index < -0.39 is 0 Å². The second kappa shape index (κ2) is 5.25. The number of halogens is 1. The van der Waals surface area contributed by atoms with Crippen molar-refractivity contribution in [2.45, 2.75) is 25.4 Å². The van der Waals surface area contributed by atoms with Crippen molar-refractivity contribution in [3.63, 3.8) is 0 Å². The standard InChI is InChI=1S/C16H16BrNO/c17-15-6-2-5-14(11-7-9-12(18)10-8-11)16(15)19-13-3-1-4-13/h2,5-10,13H,1,3-4,18H2. The average molecular weight is 318 g/mol. The highest BCUT2D eigenvalue weighted by atomic mass is 79.9. The van der Waals surface area contributed by atoms with Crippen LogP contribution in [0.15, 0.2) is 46.9 Å². The Bertz CT molecular complexity index is 576. The lowest BCUT2D eigenvalue weighted by molar-refractivity contribution is 0.120. The number of rotatable bonds is 3. The zero-order chi connectivity index (χ0) is 13.2. The van der Waals surface area contributed by atoms with Crippen LogP contribution >= 0.6 is 15.9 Å². The Morgan fingerprint density at radius 3 is 2.42 bits per heavy atom. The number of ether oxygens (including phenoxy) is 1. The first-order valence-corrected chi connectivity index (χ1v) is 7.34. The van der Waals surface area contributed by atoms with Crippen LogP contribution in [-0.2, 0) is 0 Å². The minimum absolute atomic E-state index is 0.367. The van der Waals surface area contributed by atoms with Gasteiger partial charge in [-0.2, -0.15) is 0 Å². The van der Waals surface area contributed by atoms with Crippen molar-refractivity contribution in [3.05, 3.63) is 46.9 Å². The van der Waals surface area contributed by atoms with Gasteiger partial charge in [-0.1, -0.05) is 24.3 Å². The van der Waals surface area contributed by atoms with Gasteiger partial charge in [0, 0.05) is 11.3 Å². The SMILES string of the molecule is Nc1ccc(-c2cccc(Br)c2OC2CCC2)cc1. The topological polar surface area (TPSA) is 35.2 Å². The summed E-state index contributed by atoms with van der Waals surface area (Å²) in [6, 6.07) is 14.0. The summed E-state index contributed by atoms with van der Waals surface area (Å²) in [6.45, 7) is 0. The average Bonchev–Trinajstić information content (AvgIpc) is 2.36. The Morgan fingerprint density at radius 1 is 1.05 bits per heavy atom. The van der Waals surface area contributed by atoms with Gasteiger partial charge in [0.05, 0.1) is 10.6 Å². The maximum Gasteiger partial charge on any atom is 0.141 e.